The van der Waals surface area contributed by atoms with Crippen molar-refractivity contribution in [3.05, 3.63) is 20.8 Å². The van der Waals surface area contributed by atoms with E-state index in [1.165, 1.54) is 4.88 Å². The summed E-state index contributed by atoms with van der Waals surface area (Å²) >= 11 is 5.12. The lowest BCUT2D eigenvalue weighted by Crippen LogP contribution is -2.25. The summed E-state index contributed by atoms with van der Waals surface area (Å²) in [5.74, 6) is 5.27. The van der Waals surface area contributed by atoms with E-state index in [1.807, 2.05) is 18.4 Å². The van der Waals surface area contributed by atoms with Crippen LogP contribution in [0.15, 0.2) is 15.9 Å². The molecule has 0 saturated heterocycles. The average Bonchev–Trinajstić information content (AvgIpc) is 2.34. The number of nitrogens with two attached hydrogens (primary N) is 1. The van der Waals surface area contributed by atoms with E-state index in [4.69, 9.17) is 5.84 Å². The van der Waals surface area contributed by atoms with Gasteiger partial charge in [-0.1, -0.05) is 0 Å². The molecular weight excluding hydrogens is 212 g/mol. The summed E-state index contributed by atoms with van der Waals surface area (Å²) in [6.07, 6.45) is 0. The molecule has 0 amide bonds. The molecule has 0 spiro atoms. The fourth-order valence-electron chi connectivity index (χ4n) is 0.690. The third-order valence-corrected chi connectivity index (χ3v) is 3.34. The minimum absolute atomic E-state index is 0.231. The normalized spacial score (nSPS) is 13.5. The summed E-state index contributed by atoms with van der Waals surface area (Å²) in [6.45, 7) is 2.02. The smallest absolute Gasteiger partial charge is 0.0536 e. The number of hydrogen-bond acceptors (Lipinski definition) is 3. The molecule has 0 bridgehead atoms. The first-order valence-electron chi connectivity index (χ1n) is 2.94. The van der Waals surface area contributed by atoms with Crippen LogP contribution >= 0.6 is 27.3 Å². The van der Waals surface area contributed by atoms with Crippen LogP contribution in [-0.4, -0.2) is 0 Å². The minimum Gasteiger partial charge on any atom is -0.271 e. The number of hydrazine groups is 1. The van der Waals surface area contributed by atoms with Gasteiger partial charge in [0.15, 0.2) is 0 Å². The van der Waals surface area contributed by atoms with E-state index in [9.17, 15) is 0 Å². The molecule has 1 heterocycles. The fourth-order valence-corrected chi connectivity index (χ4v) is 2.42. The molecule has 1 aromatic rings. The largest absolute Gasteiger partial charge is 0.271 e. The van der Waals surface area contributed by atoms with Crippen molar-refractivity contribution >= 4 is 27.3 Å². The van der Waals surface area contributed by atoms with E-state index < -0.39 is 0 Å². The summed E-state index contributed by atoms with van der Waals surface area (Å²) < 4.78 is 1.13. The predicted octanol–water partition coefficient (Wildman–Crippen LogP) is 2.03. The topological polar surface area (TPSA) is 38.0 Å². The Labute approximate surface area is 72.5 Å². The third kappa shape index (κ3) is 1.58. The Bertz CT molecular complexity index is 211. The van der Waals surface area contributed by atoms with Gasteiger partial charge >= 0.3 is 0 Å². The van der Waals surface area contributed by atoms with E-state index in [0.29, 0.717) is 0 Å². The molecule has 0 aliphatic rings. The van der Waals surface area contributed by atoms with Crippen LogP contribution in [0, 0.1) is 0 Å². The zero-order valence-electron chi connectivity index (χ0n) is 5.60. The van der Waals surface area contributed by atoms with Gasteiger partial charge in [-0.15, -0.1) is 11.3 Å². The zero-order chi connectivity index (χ0) is 7.56. The maximum atomic E-state index is 5.27. The lowest BCUT2D eigenvalue weighted by molar-refractivity contribution is 0.610. The van der Waals surface area contributed by atoms with Gasteiger partial charge in [0.2, 0.25) is 0 Å². The minimum atomic E-state index is 0.231. The highest BCUT2D eigenvalue weighted by atomic mass is 79.9. The highest BCUT2D eigenvalue weighted by molar-refractivity contribution is 9.10. The lowest BCUT2D eigenvalue weighted by atomic mass is 10.3. The lowest BCUT2D eigenvalue weighted by Gasteiger charge is -2.06. The first-order chi connectivity index (χ1) is 4.75. The van der Waals surface area contributed by atoms with Gasteiger partial charge in [-0.25, -0.2) is 0 Å². The van der Waals surface area contributed by atoms with Crippen molar-refractivity contribution in [3.63, 3.8) is 0 Å². The van der Waals surface area contributed by atoms with Gasteiger partial charge in [0.25, 0.3) is 0 Å². The third-order valence-electron chi connectivity index (χ3n) is 1.29. The van der Waals surface area contributed by atoms with Gasteiger partial charge in [0.1, 0.15) is 0 Å². The van der Waals surface area contributed by atoms with Crippen molar-refractivity contribution < 1.29 is 0 Å². The zero-order valence-corrected chi connectivity index (χ0v) is 8.00. The maximum absolute atomic E-state index is 5.27. The van der Waals surface area contributed by atoms with E-state index in [1.54, 1.807) is 11.3 Å². The molecule has 0 unspecified atom stereocenters. The summed E-state index contributed by atoms with van der Waals surface area (Å²) in [7, 11) is 0. The van der Waals surface area contributed by atoms with Crippen molar-refractivity contribution in [3.8, 4) is 0 Å². The molecule has 0 fully saturated rings. The first-order valence-corrected chi connectivity index (χ1v) is 4.62. The molecule has 1 atom stereocenters. The molecule has 0 radical (unpaired) electrons. The van der Waals surface area contributed by atoms with Crippen LogP contribution in [0.25, 0.3) is 0 Å². The number of nitrogens with one attached hydrogen (secondary N) is 1. The molecule has 10 heavy (non-hydrogen) atoms. The van der Waals surface area contributed by atoms with Gasteiger partial charge in [-0.2, -0.15) is 0 Å². The molecule has 1 aromatic heterocycles. The van der Waals surface area contributed by atoms with Crippen LogP contribution in [0.5, 0.6) is 0 Å². The molecule has 0 saturated carbocycles. The molecule has 0 aromatic carbocycles. The molecular formula is C6H9BrN2S. The molecule has 2 nitrogen and oxygen atoms in total. The van der Waals surface area contributed by atoms with Crippen LogP contribution in [0.2, 0.25) is 0 Å². The van der Waals surface area contributed by atoms with E-state index >= 15 is 0 Å². The van der Waals surface area contributed by atoms with Crippen molar-refractivity contribution in [2.24, 2.45) is 5.84 Å². The van der Waals surface area contributed by atoms with E-state index in [0.717, 1.165) is 4.47 Å². The van der Waals surface area contributed by atoms with Gasteiger partial charge in [0, 0.05) is 9.35 Å². The van der Waals surface area contributed by atoms with Crippen LogP contribution < -0.4 is 11.3 Å². The second kappa shape index (κ2) is 3.48. The highest BCUT2D eigenvalue weighted by Crippen LogP contribution is 2.27. The van der Waals surface area contributed by atoms with Crippen LogP contribution in [0.1, 0.15) is 17.8 Å². The van der Waals surface area contributed by atoms with Crippen molar-refractivity contribution in [2.75, 3.05) is 0 Å². The van der Waals surface area contributed by atoms with Gasteiger partial charge in [0.05, 0.1) is 6.04 Å². The van der Waals surface area contributed by atoms with Crippen LogP contribution in [0.4, 0.5) is 0 Å². The first kappa shape index (κ1) is 8.20. The Kier molecular flexibility index (Phi) is 2.85. The summed E-state index contributed by atoms with van der Waals surface area (Å²) in [6, 6.07) is 2.25. The Balaban J connectivity index is 2.82. The van der Waals surface area contributed by atoms with Gasteiger partial charge in [-0.3, -0.25) is 11.3 Å². The van der Waals surface area contributed by atoms with Crippen molar-refractivity contribution in [2.45, 2.75) is 13.0 Å². The molecule has 1 rings (SSSR count). The predicted molar refractivity (Wildman–Crippen MR) is 47.8 cm³/mol. The van der Waals surface area contributed by atoms with E-state index in [-0.39, 0.29) is 6.04 Å². The Morgan fingerprint density at radius 2 is 2.50 bits per heavy atom. The monoisotopic (exact) mass is 220 g/mol. The number of rotatable bonds is 2. The van der Waals surface area contributed by atoms with Crippen LogP contribution in [-0.2, 0) is 0 Å². The molecule has 0 aliphatic carbocycles. The molecule has 4 heteroatoms. The quantitative estimate of drug-likeness (QED) is 0.592. The Hall–Kier alpha value is 0.100. The van der Waals surface area contributed by atoms with Crippen molar-refractivity contribution in [1.29, 1.82) is 0 Å². The number of thiophene rings is 1. The number of hydrogen-bond donors (Lipinski definition) is 2. The average molecular weight is 221 g/mol. The Morgan fingerprint density at radius 1 is 1.80 bits per heavy atom. The molecule has 3 N–H and O–H groups in total. The van der Waals surface area contributed by atoms with Gasteiger partial charge < -0.3 is 0 Å². The summed E-state index contributed by atoms with van der Waals surface area (Å²) in [4.78, 5) is 1.24. The van der Waals surface area contributed by atoms with Crippen LogP contribution in [0.3, 0.4) is 0 Å². The Morgan fingerprint density at radius 3 is 2.90 bits per heavy atom. The highest BCUT2D eigenvalue weighted by Gasteiger charge is 2.07. The second-order valence-electron chi connectivity index (χ2n) is 2.02. The molecule has 56 valence electrons. The summed E-state index contributed by atoms with van der Waals surface area (Å²) in [5, 5.41) is 2.03. The van der Waals surface area contributed by atoms with Gasteiger partial charge in [-0.05, 0) is 34.3 Å². The standard InChI is InChI=1S/C6H9BrN2S/c1-4(9-8)6-5(7)2-3-10-6/h2-4,9H,8H2,1H3/t4-/m1/s1. The molecule has 0 aliphatic heterocycles. The van der Waals surface area contributed by atoms with Crippen molar-refractivity contribution in [1.82, 2.24) is 5.43 Å². The second-order valence-corrected chi connectivity index (χ2v) is 3.82. The maximum Gasteiger partial charge on any atom is 0.0536 e. The summed E-state index contributed by atoms with van der Waals surface area (Å²) in [5.41, 5.74) is 2.69. The SMILES string of the molecule is C[C@@H](NN)c1sccc1Br. The number of halogens is 1. The van der Waals surface area contributed by atoms with E-state index in [2.05, 4.69) is 21.4 Å². The fraction of sp³-hybridized carbons (Fsp3) is 0.333.